The third-order valence-electron chi connectivity index (χ3n) is 7.40. The molecule has 43 heavy (non-hydrogen) atoms. The largest absolute Gasteiger partial charge is 0.491 e. The van der Waals surface area contributed by atoms with E-state index in [1.54, 1.807) is 42.8 Å². The first-order valence-corrected chi connectivity index (χ1v) is 14.6. The molecule has 6 rings (SSSR count). The van der Waals surface area contributed by atoms with E-state index < -0.39 is 12.1 Å². The second-order valence-electron chi connectivity index (χ2n) is 10.1. The van der Waals surface area contributed by atoms with Gasteiger partial charge in [-0.05, 0) is 38.2 Å². The molecule has 218 valence electrons. The van der Waals surface area contributed by atoms with Crippen LogP contribution in [-0.4, -0.2) is 68.8 Å². The number of morpholine rings is 1. The number of thiophene rings is 1. The Morgan fingerprint density at radius 1 is 1.30 bits per heavy atom. The zero-order chi connectivity index (χ0) is 30.2. The summed E-state index contributed by atoms with van der Waals surface area (Å²) < 4.78 is 14.2. The number of hydrogen-bond donors (Lipinski definition) is 1. The molecule has 1 fully saturated rings. The summed E-state index contributed by atoms with van der Waals surface area (Å²) in [4.78, 5) is 40.9. The average molecular weight is 617 g/mol. The van der Waals surface area contributed by atoms with Gasteiger partial charge in [0, 0.05) is 40.8 Å². The van der Waals surface area contributed by atoms with E-state index >= 15 is 0 Å². The second kappa shape index (κ2) is 11.7. The van der Waals surface area contributed by atoms with E-state index in [0.717, 1.165) is 12.1 Å². The molecule has 0 bridgehead atoms. The molecule has 1 aliphatic rings. The van der Waals surface area contributed by atoms with Crippen molar-refractivity contribution < 1.29 is 19.4 Å². The molecule has 1 aromatic carbocycles. The molecule has 1 atom stereocenters. The fraction of sp³-hybridized carbons (Fsp3) is 0.267. The number of nitriles is 1. The summed E-state index contributed by atoms with van der Waals surface area (Å²) >= 11 is 7.63. The minimum absolute atomic E-state index is 0.109. The lowest BCUT2D eigenvalue weighted by Crippen LogP contribution is -2.36. The van der Waals surface area contributed by atoms with Crippen molar-refractivity contribution in [1.82, 2.24) is 24.4 Å². The van der Waals surface area contributed by atoms with Crippen LogP contribution in [-0.2, 0) is 11.3 Å². The molecule has 0 aliphatic carbocycles. The maximum atomic E-state index is 13.8. The van der Waals surface area contributed by atoms with Gasteiger partial charge in [0.2, 0.25) is 0 Å². The van der Waals surface area contributed by atoms with Gasteiger partial charge in [-0.15, -0.1) is 11.3 Å². The molecule has 13 heteroatoms. The lowest BCUT2D eigenvalue weighted by Gasteiger charge is -2.30. The number of aromatic carboxylic acids is 1. The summed E-state index contributed by atoms with van der Waals surface area (Å²) in [5.41, 5.74) is 2.50. The van der Waals surface area contributed by atoms with E-state index in [1.165, 1.54) is 22.1 Å². The van der Waals surface area contributed by atoms with Crippen LogP contribution >= 0.6 is 22.9 Å². The van der Waals surface area contributed by atoms with Crippen LogP contribution in [0.5, 0.6) is 5.75 Å². The zero-order valence-corrected chi connectivity index (χ0v) is 24.8. The van der Waals surface area contributed by atoms with Crippen LogP contribution in [0.4, 0.5) is 0 Å². The Morgan fingerprint density at radius 2 is 2.14 bits per heavy atom. The minimum Gasteiger partial charge on any atom is -0.491 e. The Morgan fingerprint density at radius 3 is 2.91 bits per heavy atom. The third-order valence-corrected chi connectivity index (χ3v) is 8.63. The molecule has 1 unspecified atom stereocenters. The summed E-state index contributed by atoms with van der Waals surface area (Å²) in [7, 11) is 1.97. The Labute approximate surface area is 254 Å². The molecular weight excluding hydrogens is 592 g/mol. The highest BCUT2D eigenvalue weighted by molar-refractivity contribution is 7.18. The van der Waals surface area contributed by atoms with E-state index in [9.17, 15) is 20.0 Å². The van der Waals surface area contributed by atoms with E-state index in [1.807, 2.05) is 7.05 Å². The number of fused-ring (bicyclic) bond motifs is 2. The number of pyridine rings is 2. The number of nitrogens with zero attached hydrogens (tertiary/aromatic N) is 6. The average Bonchev–Trinajstić information content (AvgIpc) is 3.44. The molecule has 0 spiro atoms. The van der Waals surface area contributed by atoms with Gasteiger partial charge in [-0.1, -0.05) is 11.6 Å². The van der Waals surface area contributed by atoms with E-state index in [-0.39, 0.29) is 35.2 Å². The predicted octanol–water partition coefficient (Wildman–Crippen LogP) is 4.68. The molecule has 5 aromatic rings. The van der Waals surface area contributed by atoms with Crippen molar-refractivity contribution in [2.45, 2.75) is 19.6 Å². The lowest BCUT2D eigenvalue weighted by molar-refractivity contribution is -0.0231. The van der Waals surface area contributed by atoms with Crippen LogP contribution in [0, 0.1) is 18.3 Å². The van der Waals surface area contributed by atoms with Crippen LogP contribution in [0.25, 0.3) is 32.2 Å². The highest BCUT2D eigenvalue weighted by Crippen LogP contribution is 2.39. The quantitative estimate of drug-likeness (QED) is 0.274. The van der Waals surface area contributed by atoms with Crippen molar-refractivity contribution in [3.63, 3.8) is 0 Å². The molecule has 11 nitrogen and oxygen atoms in total. The highest BCUT2D eigenvalue weighted by Gasteiger charge is 2.26. The molecule has 4 aromatic heterocycles. The van der Waals surface area contributed by atoms with Crippen LogP contribution in [0.15, 0.2) is 46.8 Å². The first-order valence-electron chi connectivity index (χ1n) is 13.4. The van der Waals surface area contributed by atoms with E-state index in [2.05, 4.69) is 25.9 Å². The third kappa shape index (κ3) is 5.32. The highest BCUT2D eigenvalue weighted by atomic mass is 35.5. The number of likely N-dealkylation sites (N-methyl/N-ethyl adjacent to an activating group) is 1. The number of hydrogen-bond acceptors (Lipinski definition) is 10. The Balaban J connectivity index is 1.32. The number of carbonyl (C=O) groups is 1. The van der Waals surface area contributed by atoms with Gasteiger partial charge in [0.05, 0.1) is 57.3 Å². The number of carboxylic acids is 1. The Kier molecular flexibility index (Phi) is 7.81. The van der Waals surface area contributed by atoms with E-state index in [0.29, 0.717) is 56.7 Å². The number of aryl methyl sites for hydroxylation is 1. The van der Waals surface area contributed by atoms with Crippen LogP contribution in [0.2, 0.25) is 5.02 Å². The van der Waals surface area contributed by atoms with Crippen molar-refractivity contribution in [3.8, 4) is 22.9 Å². The summed E-state index contributed by atoms with van der Waals surface area (Å²) in [6, 6.07) is 9.14. The van der Waals surface area contributed by atoms with E-state index in [4.69, 9.17) is 21.1 Å². The maximum Gasteiger partial charge on any atom is 0.338 e. The van der Waals surface area contributed by atoms with Crippen molar-refractivity contribution in [1.29, 1.82) is 5.26 Å². The number of ether oxygens (including phenoxy) is 2. The monoisotopic (exact) mass is 616 g/mol. The normalized spacial score (nSPS) is 15.5. The number of halogens is 1. The molecule has 0 radical (unpaired) electrons. The van der Waals surface area contributed by atoms with Gasteiger partial charge in [0.1, 0.15) is 30.4 Å². The summed E-state index contributed by atoms with van der Waals surface area (Å²) in [5.74, 6) is -0.0890. The Bertz CT molecular complexity index is 2000. The fourth-order valence-electron chi connectivity index (χ4n) is 5.28. The van der Waals surface area contributed by atoms with Gasteiger partial charge in [0.25, 0.3) is 5.56 Å². The second-order valence-corrected chi connectivity index (χ2v) is 11.4. The first kappa shape index (κ1) is 28.7. The SMILES string of the molecule is Cc1nc2cnc(C3CN(C)CCO3)c(C#N)c2c(=O)n1CCOc1ccc(Cl)cc1-c1ccnc2c(C(=O)O)csc12. The van der Waals surface area contributed by atoms with Crippen LogP contribution < -0.4 is 10.3 Å². The van der Waals surface area contributed by atoms with Gasteiger partial charge in [-0.2, -0.15) is 5.26 Å². The predicted molar refractivity (Wildman–Crippen MR) is 162 cm³/mol. The van der Waals surface area contributed by atoms with Gasteiger partial charge in [-0.25, -0.2) is 9.78 Å². The smallest absolute Gasteiger partial charge is 0.338 e. The first-order chi connectivity index (χ1) is 20.8. The number of benzene rings is 1. The number of aromatic nitrogens is 4. The maximum absolute atomic E-state index is 13.8. The fourth-order valence-corrected chi connectivity index (χ4v) is 6.48. The Hall–Kier alpha value is -4.41. The minimum atomic E-state index is -1.05. The topological polar surface area (TPSA) is 143 Å². The molecule has 5 heterocycles. The van der Waals surface area contributed by atoms with Crippen LogP contribution in [0.1, 0.15) is 33.5 Å². The van der Waals surface area contributed by atoms with Gasteiger partial charge in [0.15, 0.2) is 0 Å². The number of carboxylic acid groups (broad SMARTS) is 1. The zero-order valence-electron chi connectivity index (χ0n) is 23.2. The molecule has 1 aliphatic heterocycles. The van der Waals surface area contributed by atoms with Gasteiger partial charge < -0.3 is 19.5 Å². The summed E-state index contributed by atoms with van der Waals surface area (Å²) in [6.45, 7) is 3.83. The van der Waals surface area contributed by atoms with Gasteiger partial charge >= 0.3 is 5.97 Å². The molecule has 1 saturated heterocycles. The van der Waals surface area contributed by atoms with Crippen molar-refractivity contribution in [2.24, 2.45) is 0 Å². The summed E-state index contributed by atoms with van der Waals surface area (Å²) in [6.07, 6.45) is 2.65. The van der Waals surface area contributed by atoms with Crippen molar-refractivity contribution in [2.75, 3.05) is 33.4 Å². The molecule has 0 amide bonds. The van der Waals surface area contributed by atoms with Crippen molar-refractivity contribution in [3.05, 3.63) is 80.1 Å². The van der Waals surface area contributed by atoms with Crippen molar-refractivity contribution >= 4 is 50.0 Å². The lowest BCUT2D eigenvalue weighted by atomic mass is 10.0. The molecule has 0 saturated carbocycles. The van der Waals surface area contributed by atoms with Gasteiger partial charge in [-0.3, -0.25) is 19.3 Å². The number of rotatable bonds is 7. The van der Waals surface area contributed by atoms with Crippen LogP contribution in [0.3, 0.4) is 0 Å². The summed E-state index contributed by atoms with van der Waals surface area (Å²) in [5, 5.41) is 21.9. The standard InChI is InChI=1S/C30H25ClN6O5S/c1-16-35-22-13-34-26(24-14-36(2)7-9-42-24)20(12-32)25(22)29(38)37(16)8-10-41-23-4-3-17(31)11-19(23)18-5-6-33-27-21(30(39)40)15-43-28(18)27/h3-6,11,13,15,24H,7-10,14H2,1-2H3,(H,39,40). The molecule has 1 N–H and O–H groups in total. The molecular formula is C30H25ClN6O5S.